The quantitative estimate of drug-likeness (QED) is 0.472. The monoisotopic (exact) mass is 174 g/mol. The van der Waals surface area contributed by atoms with Gasteiger partial charge in [0.15, 0.2) is 0 Å². The molecule has 0 bridgehead atoms. The standard InChI is InChI=1S/C8H18N2O2/c1-7(12-11)8(9-2)4-5-10(3)6-8/h7,9,11H,4-6H2,1-3H3. The van der Waals surface area contributed by atoms with E-state index in [0.717, 1.165) is 19.5 Å². The maximum absolute atomic E-state index is 8.62. The van der Waals surface area contributed by atoms with Gasteiger partial charge in [0, 0.05) is 6.54 Å². The van der Waals surface area contributed by atoms with Crippen LogP contribution in [0.4, 0.5) is 0 Å². The van der Waals surface area contributed by atoms with Crippen molar-refractivity contribution >= 4 is 0 Å². The average molecular weight is 174 g/mol. The van der Waals surface area contributed by atoms with E-state index < -0.39 is 0 Å². The number of nitrogens with one attached hydrogen (secondary N) is 1. The number of nitrogens with zero attached hydrogens (tertiary/aromatic N) is 1. The van der Waals surface area contributed by atoms with E-state index in [2.05, 4.69) is 22.2 Å². The second kappa shape index (κ2) is 3.70. The molecule has 4 nitrogen and oxygen atoms in total. The van der Waals surface area contributed by atoms with Gasteiger partial charge in [-0.1, -0.05) is 0 Å². The van der Waals surface area contributed by atoms with Gasteiger partial charge in [-0.3, -0.25) is 5.26 Å². The molecule has 0 radical (unpaired) electrons. The van der Waals surface area contributed by atoms with Gasteiger partial charge in [-0.15, -0.1) is 0 Å². The van der Waals surface area contributed by atoms with Crippen LogP contribution in [0.25, 0.3) is 0 Å². The van der Waals surface area contributed by atoms with Crippen LogP contribution in [-0.4, -0.2) is 49.0 Å². The minimum absolute atomic E-state index is 0.0799. The molecule has 0 amide bonds. The van der Waals surface area contributed by atoms with Crippen molar-refractivity contribution in [3.05, 3.63) is 0 Å². The molecule has 0 saturated carbocycles. The lowest BCUT2D eigenvalue weighted by atomic mass is 9.93. The van der Waals surface area contributed by atoms with E-state index in [4.69, 9.17) is 5.26 Å². The molecule has 2 N–H and O–H groups in total. The molecule has 1 rings (SSSR count). The Labute approximate surface area is 73.4 Å². The van der Waals surface area contributed by atoms with Crippen LogP contribution in [0.2, 0.25) is 0 Å². The van der Waals surface area contributed by atoms with Gasteiger partial charge in [-0.2, -0.15) is 0 Å². The smallest absolute Gasteiger partial charge is 0.109 e. The van der Waals surface area contributed by atoms with Gasteiger partial charge in [0.05, 0.1) is 5.54 Å². The van der Waals surface area contributed by atoms with Gasteiger partial charge >= 0.3 is 0 Å². The zero-order valence-electron chi connectivity index (χ0n) is 8.00. The topological polar surface area (TPSA) is 44.7 Å². The highest BCUT2D eigenvalue weighted by Crippen LogP contribution is 2.24. The van der Waals surface area contributed by atoms with Crippen molar-refractivity contribution < 1.29 is 10.1 Å². The maximum atomic E-state index is 8.62. The maximum Gasteiger partial charge on any atom is 0.109 e. The predicted octanol–water partition coefficient (Wildman–Crippen LogP) is 0.158. The zero-order chi connectivity index (χ0) is 9.19. The first kappa shape index (κ1) is 9.92. The molecule has 0 spiro atoms. The van der Waals surface area contributed by atoms with Gasteiger partial charge in [-0.25, -0.2) is 4.89 Å². The second-order valence-corrected chi connectivity index (χ2v) is 3.64. The van der Waals surface area contributed by atoms with Gasteiger partial charge in [0.2, 0.25) is 0 Å². The summed E-state index contributed by atoms with van der Waals surface area (Å²) >= 11 is 0. The lowest BCUT2D eigenvalue weighted by molar-refractivity contribution is -0.289. The Bertz CT molecular complexity index is 154. The SMILES string of the molecule is CNC1(C(C)OO)CCN(C)C1. The highest BCUT2D eigenvalue weighted by Gasteiger charge is 2.41. The van der Waals surface area contributed by atoms with Crippen molar-refractivity contribution in [2.24, 2.45) is 0 Å². The summed E-state index contributed by atoms with van der Waals surface area (Å²) in [5.41, 5.74) is -0.0799. The molecule has 12 heavy (non-hydrogen) atoms. The Morgan fingerprint density at radius 2 is 2.33 bits per heavy atom. The first-order valence-electron chi connectivity index (χ1n) is 4.32. The molecule has 0 aliphatic carbocycles. The molecule has 1 heterocycles. The minimum Gasteiger partial charge on any atom is -0.311 e. The average Bonchev–Trinajstić information content (AvgIpc) is 2.47. The van der Waals surface area contributed by atoms with Crippen LogP contribution in [-0.2, 0) is 4.89 Å². The van der Waals surface area contributed by atoms with E-state index in [-0.39, 0.29) is 11.6 Å². The van der Waals surface area contributed by atoms with Crippen LogP contribution in [0, 0.1) is 0 Å². The third-order valence-electron chi connectivity index (χ3n) is 2.93. The van der Waals surface area contributed by atoms with Crippen molar-refractivity contribution in [1.29, 1.82) is 0 Å². The van der Waals surface area contributed by atoms with Crippen LogP contribution < -0.4 is 5.32 Å². The molecule has 72 valence electrons. The molecule has 0 aromatic carbocycles. The van der Waals surface area contributed by atoms with E-state index in [9.17, 15) is 0 Å². The van der Waals surface area contributed by atoms with Crippen LogP contribution in [0.5, 0.6) is 0 Å². The molecule has 2 atom stereocenters. The fraction of sp³-hybridized carbons (Fsp3) is 1.00. The summed E-state index contributed by atoms with van der Waals surface area (Å²) in [6, 6.07) is 0. The summed E-state index contributed by atoms with van der Waals surface area (Å²) in [6.45, 7) is 3.86. The molecule has 1 aliphatic heterocycles. The van der Waals surface area contributed by atoms with Gasteiger partial charge in [0.1, 0.15) is 6.10 Å². The van der Waals surface area contributed by atoms with Crippen molar-refractivity contribution in [3.63, 3.8) is 0 Å². The molecule has 2 unspecified atom stereocenters. The highest BCUT2D eigenvalue weighted by molar-refractivity contribution is 4.99. The first-order chi connectivity index (χ1) is 5.64. The number of hydrogen-bond donors (Lipinski definition) is 2. The van der Waals surface area contributed by atoms with Crippen molar-refractivity contribution in [3.8, 4) is 0 Å². The second-order valence-electron chi connectivity index (χ2n) is 3.64. The molecule has 4 heteroatoms. The minimum atomic E-state index is -0.160. The Balaban J connectivity index is 2.63. The fourth-order valence-electron chi connectivity index (χ4n) is 1.87. The summed E-state index contributed by atoms with van der Waals surface area (Å²) < 4.78 is 0. The van der Waals surface area contributed by atoms with E-state index in [0.29, 0.717) is 0 Å². The third kappa shape index (κ3) is 1.61. The summed E-state index contributed by atoms with van der Waals surface area (Å²) in [5, 5.41) is 11.9. The molecular formula is C8H18N2O2. The van der Waals surface area contributed by atoms with Crippen LogP contribution in [0.15, 0.2) is 0 Å². The number of likely N-dealkylation sites (tertiary alicyclic amines) is 1. The molecule has 1 saturated heterocycles. The zero-order valence-corrected chi connectivity index (χ0v) is 8.00. The van der Waals surface area contributed by atoms with Gasteiger partial charge in [0.25, 0.3) is 0 Å². The first-order valence-corrected chi connectivity index (χ1v) is 4.32. The van der Waals surface area contributed by atoms with Crippen LogP contribution in [0.3, 0.4) is 0 Å². The third-order valence-corrected chi connectivity index (χ3v) is 2.93. The molecule has 1 aliphatic rings. The predicted molar refractivity (Wildman–Crippen MR) is 47.1 cm³/mol. The lowest BCUT2D eigenvalue weighted by Gasteiger charge is -2.32. The van der Waals surface area contributed by atoms with Crippen LogP contribution in [0.1, 0.15) is 13.3 Å². The van der Waals surface area contributed by atoms with E-state index in [1.54, 1.807) is 0 Å². The molecule has 0 aromatic rings. The number of likely N-dealkylation sites (N-methyl/N-ethyl adjacent to an activating group) is 2. The van der Waals surface area contributed by atoms with Crippen molar-refractivity contribution in [2.45, 2.75) is 25.0 Å². The summed E-state index contributed by atoms with van der Waals surface area (Å²) in [4.78, 5) is 6.62. The summed E-state index contributed by atoms with van der Waals surface area (Å²) in [7, 11) is 3.98. The Morgan fingerprint density at radius 1 is 1.67 bits per heavy atom. The van der Waals surface area contributed by atoms with Crippen molar-refractivity contribution in [1.82, 2.24) is 10.2 Å². The summed E-state index contributed by atoms with van der Waals surface area (Å²) in [5.74, 6) is 0. The lowest BCUT2D eigenvalue weighted by Crippen LogP contribution is -2.54. The fourth-order valence-corrected chi connectivity index (χ4v) is 1.87. The molecule has 0 aromatic heterocycles. The van der Waals surface area contributed by atoms with Gasteiger partial charge < -0.3 is 10.2 Å². The van der Waals surface area contributed by atoms with E-state index in [1.807, 2.05) is 14.0 Å². The largest absolute Gasteiger partial charge is 0.311 e. The highest BCUT2D eigenvalue weighted by atomic mass is 17.1. The number of hydrogen-bond acceptors (Lipinski definition) is 4. The Hall–Kier alpha value is -0.160. The number of rotatable bonds is 3. The Kier molecular flexibility index (Phi) is 3.06. The Morgan fingerprint density at radius 3 is 2.67 bits per heavy atom. The molecular weight excluding hydrogens is 156 g/mol. The normalized spacial score (nSPS) is 34.0. The molecule has 1 fully saturated rings. The van der Waals surface area contributed by atoms with Crippen LogP contribution >= 0.6 is 0 Å². The van der Waals surface area contributed by atoms with E-state index >= 15 is 0 Å². The van der Waals surface area contributed by atoms with Crippen molar-refractivity contribution in [2.75, 3.05) is 27.2 Å². The van der Waals surface area contributed by atoms with Gasteiger partial charge in [-0.05, 0) is 34.0 Å². The summed E-state index contributed by atoms with van der Waals surface area (Å²) in [6.07, 6.45) is 0.856. The van der Waals surface area contributed by atoms with E-state index in [1.165, 1.54) is 0 Å².